The molecule has 138 valence electrons. The van der Waals surface area contributed by atoms with Crippen molar-refractivity contribution in [3.8, 4) is 0 Å². The molecule has 1 aliphatic rings. The summed E-state index contributed by atoms with van der Waals surface area (Å²) >= 11 is 0. The van der Waals surface area contributed by atoms with Crippen molar-refractivity contribution in [1.82, 2.24) is 9.78 Å². The maximum absolute atomic E-state index is 13.3. The normalized spacial score (nSPS) is 16.3. The van der Waals surface area contributed by atoms with Crippen molar-refractivity contribution in [1.29, 1.82) is 0 Å². The molecule has 7 heteroatoms. The average Bonchev–Trinajstić information content (AvgIpc) is 3.09. The van der Waals surface area contributed by atoms with Gasteiger partial charge in [0.2, 0.25) is 0 Å². The Morgan fingerprint density at radius 1 is 1.11 bits per heavy atom. The monoisotopic (exact) mass is 368 g/mol. The number of amides is 1. The van der Waals surface area contributed by atoms with Gasteiger partial charge in [0.05, 0.1) is 18.3 Å². The predicted octanol–water partition coefficient (Wildman–Crippen LogP) is 3.99. The van der Waals surface area contributed by atoms with Gasteiger partial charge in [-0.25, -0.2) is 8.78 Å². The Kier molecular flexibility index (Phi) is 4.35. The van der Waals surface area contributed by atoms with Gasteiger partial charge in [-0.15, -0.1) is 0 Å². The molecular formula is C20H18F2N4O. The first-order chi connectivity index (χ1) is 13.0. The Morgan fingerprint density at radius 3 is 2.63 bits per heavy atom. The lowest BCUT2D eigenvalue weighted by atomic mass is 10.1. The highest BCUT2D eigenvalue weighted by Gasteiger charge is 2.31. The fourth-order valence-electron chi connectivity index (χ4n) is 3.22. The van der Waals surface area contributed by atoms with Gasteiger partial charge in [-0.1, -0.05) is 6.07 Å². The van der Waals surface area contributed by atoms with Crippen LogP contribution in [0, 0.1) is 11.6 Å². The smallest absolute Gasteiger partial charge is 0.276 e. The summed E-state index contributed by atoms with van der Waals surface area (Å²) in [6.45, 7) is 2.80. The molecule has 4 rings (SSSR count). The number of benzene rings is 2. The van der Waals surface area contributed by atoms with Crippen LogP contribution in [0.25, 0.3) is 0 Å². The Hall–Kier alpha value is -3.22. The van der Waals surface area contributed by atoms with E-state index in [1.807, 2.05) is 6.92 Å². The summed E-state index contributed by atoms with van der Waals surface area (Å²) < 4.78 is 28.2. The maximum Gasteiger partial charge on any atom is 0.276 e. The van der Waals surface area contributed by atoms with Crippen LogP contribution >= 0.6 is 0 Å². The van der Waals surface area contributed by atoms with Gasteiger partial charge in [0.25, 0.3) is 5.91 Å². The van der Waals surface area contributed by atoms with E-state index in [0.29, 0.717) is 35.9 Å². The third-order valence-corrected chi connectivity index (χ3v) is 4.55. The highest BCUT2D eigenvalue weighted by atomic mass is 19.1. The number of anilines is 2. The summed E-state index contributed by atoms with van der Waals surface area (Å²) in [5.41, 5.74) is 2.47. The molecule has 1 aliphatic heterocycles. The second kappa shape index (κ2) is 6.83. The molecule has 2 heterocycles. The molecule has 0 bridgehead atoms. The molecule has 0 saturated carbocycles. The third kappa shape index (κ3) is 3.40. The van der Waals surface area contributed by atoms with Crippen LogP contribution in [0.2, 0.25) is 0 Å². The van der Waals surface area contributed by atoms with Crippen molar-refractivity contribution >= 4 is 17.3 Å². The van der Waals surface area contributed by atoms with E-state index < -0.39 is 0 Å². The number of fused-ring (bicyclic) bond motifs is 1. The average molecular weight is 368 g/mol. The zero-order chi connectivity index (χ0) is 19.0. The molecule has 0 saturated heterocycles. The first-order valence-electron chi connectivity index (χ1n) is 8.66. The molecule has 0 fully saturated rings. The zero-order valence-corrected chi connectivity index (χ0v) is 14.7. The van der Waals surface area contributed by atoms with E-state index in [2.05, 4.69) is 10.4 Å². The Morgan fingerprint density at radius 2 is 1.89 bits per heavy atom. The van der Waals surface area contributed by atoms with Crippen molar-refractivity contribution in [2.75, 3.05) is 16.8 Å². The van der Waals surface area contributed by atoms with Crippen LogP contribution in [0.1, 0.15) is 29.1 Å². The summed E-state index contributed by atoms with van der Waals surface area (Å²) in [6, 6.07) is 13.8. The molecule has 1 amide bonds. The lowest BCUT2D eigenvalue weighted by Crippen LogP contribution is -2.42. The van der Waals surface area contributed by atoms with Gasteiger partial charge in [-0.05, 0) is 55.5 Å². The van der Waals surface area contributed by atoms with Crippen LogP contribution in [0.4, 0.5) is 20.2 Å². The van der Waals surface area contributed by atoms with E-state index in [4.69, 9.17) is 0 Å². The lowest BCUT2D eigenvalue weighted by Gasteiger charge is -2.31. The molecule has 1 atom stereocenters. The number of carbonyl (C=O) groups excluding carboxylic acids is 1. The Labute approximate surface area is 155 Å². The number of hydrogen-bond acceptors (Lipinski definition) is 3. The minimum Gasteiger partial charge on any atom is -0.379 e. The van der Waals surface area contributed by atoms with Crippen molar-refractivity contribution in [3.63, 3.8) is 0 Å². The van der Waals surface area contributed by atoms with Crippen molar-refractivity contribution < 1.29 is 13.6 Å². The van der Waals surface area contributed by atoms with Gasteiger partial charge in [0, 0.05) is 17.9 Å². The predicted molar refractivity (Wildman–Crippen MR) is 98.7 cm³/mol. The Bertz CT molecular complexity index is 984. The fourth-order valence-corrected chi connectivity index (χ4v) is 3.22. The van der Waals surface area contributed by atoms with Crippen LogP contribution in [0.5, 0.6) is 0 Å². The quantitative estimate of drug-likeness (QED) is 0.757. The van der Waals surface area contributed by atoms with Gasteiger partial charge in [-0.3, -0.25) is 9.48 Å². The minimum atomic E-state index is -0.341. The number of halogens is 2. The molecule has 0 spiro atoms. The number of aromatic nitrogens is 2. The van der Waals surface area contributed by atoms with Crippen LogP contribution in [0.3, 0.4) is 0 Å². The van der Waals surface area contributed by atoms with Gasteiger partial charge in [0.1, 0.15) is 17.3 Å². The Balaban J connectivity index is 1.55. The van der Waals surface area contributed by atoms with Gasteiger partial charge >= 0.3 is 0 Å². The molecule has 5 nitrogen and oxygen atoms in total. The minimum absolute atomic E-state index is 0.0225. The van der Waals surface area contributed by atoms with Crippen LogP contribution in [0.15, 0.2) is 54.6 Å². The maximum atomic E-state index is 13.3. The molecule has 0 aliphatic carbocycles. The highest BCUT2D eigenvalue weighted by Crippen LogP contribution is 2.27. The van der Waals surface area contributed by atoms with E-state index in [0.717, 1.165) is 0 Å². The zero-order valence-electron chi connectivity index (χ0n) is 14.7. The molecule has 3 aromatic rings. The summed E-state index contributed by atoms with van der Waals surface area (Å²) in [5, 5.41) is 7.62. The molecule has 27 heavy (non-hydrogen) atoms. The van der Waals surface area contributed by atoms with Gasteiger partial charge in [0.15, 0.2) is 0 Å². The number of nitrogens with zero attached hydrogens (tertiary/aromatic N) is 3. The molecule has 0 radical (unpaired) electrons. The van der Waals surface area contributed by atoms with E-state index in [9.17, 15) is 13.6 Å². The van der Waals surface area contributed by atoms with E-state index >= 15 is 0 Å². The molecular weight excluding hydrogens is 350 g/mol. The second-order valence-electron chi connectivity index (χ2n) is 6.57. The van der Waals surface area contributed by atoms with Crippen molar-refractivity contribution in [2.45, 2.75) is 19.5 Å². The lowest BCUT2D eigenvalue weighted by molar-refractivity contribution is 0.0953. The molecule has 2 aromatic carbocycles. The van der Waals surface area contributed by atoms with E-state index in [1.165, 1.54) is 24.3 Å². The number of carbonyl (C=O) groups is 1. The number of nitrogens with one attached hydrogen (secondary N) is 1. The van der Waals surface area contributed by atoms with Crippen molar-refractivity contribution in [2.24, 2.45) is 0 Å². The third-order valence-electron chi connectivity index (χ3n) is 4.55. The highest BCUT2D eigenvalue weighted by molar-refractivity contribution is 6.05. The fraction of sp³-hybridized carbons (Fsp3) is 0.200. The van der Waals surface area contributed by atoms with Crippen molar-refractivity contribution in [3.05, 3.63) is 77.6 Å². The van der Waals surface area contributed by atoms with Gasteiger partial charge < -0.3 is 10.2 Å². The number of hydrogen-bond donors (Lipinski definition) is 1. The van der Waals surface area contributed by atoms with E-state index in [-0.39, 0.29) is 23.6 Å². The molecule has 0 unspecified atom stereocenters. The number of rotatable bonds is 4. The summed E-state index contributed by atoms with van der Waals surface area (Å²) in [4.78, 5) is 14.5. The first kappa shape index (κ1) is 17.2. The summed E-state index contributed by atoms with van der Waals surface area (Å²) in [6.07, 6.45) is 0. The summed E-state index contributed by atoms with van der Waals surface area (Å²) in [5.74, 6) is -0.834. The topological polar surface area (TPSA) is 50.2 Å². The largest absolute Gasteiger partial charge is 0.379 e. The standard InChI is InChI=1S/C20H18F2N4O/c1-13-12-25(18-7-5-14(21)6-8-18)20(27)19-10-17(24-26(13)19)11-23-16-4-2-3-15(22)9-16/h2-10,13,23H,11-12H2,1H3/t13-/m1/s1. The van der Waals surface area contributed by atoms with Crippen LogP contribution in [-0.4, -0.2) is 22.2 Å². The van der Waals surface area contributed by atoms with Crippen LogP contribution < -0.4 is 10.2 Å². The molecule has 1 N–H and O–H groups in total. The second-order valence-corrected chi connectivity index (χ2v) is 6.57. The SMILES string of the molecule is C[C@@H]1CN(c2ccc(F)cc2)C(=O)c2cc(CNc3cccc(F)c3)nn21. The van der Waals surface area contributed by atoms with Crippen LogP contribution in [-0.2, 0) is 6.54 Å². The first-order valence-corrected chi connectivity index (χ1v) is 8.66. The van der Waals surface area contributed by atoms with E-state index in [1.54, 1.807) is 39.9 Å². The molecule has 1 aromatic heterocycles. The van der Waals surface area contributed by atoms with Gasteiger partial charge in [-0.2, -0.15) is 5.10 Å². The summed E-state index contributed by atoms with van der Waals surface area (Å²) in [7, 11) is 0.